The maximum atomic E-state index is 13.1. The smallest absolute Gasteiger partial charge is 0.249 e. The lowest BCUT2D eigenvalue weighted by molar-refractivity contribution is -0.135. The van der Waals surface area contributed by atoms with Gasteiger partial charge in [-0.05, 0) is 46.0 Å². The molecule has 4 amide bonds. The van der Waals surface area contributed by atoms with Crippen LogP contribution < -0.4 is 10.6 Å². The topological polar surface area (TPSA) is 108 Å². The summed E-state index contributed by atoms with van der Waals surface area (Å²) in [6.45, 7) is 11.1. The quantitative estimate of drug-likeness (QED) is 0.247. The Kier molecular flexibility index (Phi) is 12.0. The number of hydrogen-bond acceptors (Lipinski definition) is 5. The van der Waals surface area contributed by atoms with E-state index in [1.165, 1.54) is 4.90 Å². The van der Waals surface area contributed by atoms with E-state index in [1.807, 2.05) is 27.7 Å². The Morgan fingerprint density at radius 2 is 1.91 bits per heavy atom. The van der Waals surface area contributed by atoms with Gasteiger partial charge in [-0.2, -0.15) is 0 Å². The summed E-state index contributed by atoms with van der Waals surface area (Å²) in [6, 6.07) is -0.791. The number of rotatable bonds is 13. The summed E-state index contributed by atoms with van der Waals surface area (Å²) in [4.78, 5) is 51.7. The maximum absolute atomic E-state index is 13.1. The average Bonchev–Trinajstić information content (AvgIpc) is 3.23. The molecule has 0 aromatic heterocycles. The fourth-order valence-corrected chi connectivity index (χ4v) is 3.73. The van der Waals surface area contributed by atoms with Crippen molar-refractivity contribution >= 4 is 24.1 Å². The number of likely N-dealkylation sites (tertiary alicyclic amines) is 1. The van der Waals surface area contributed by atoms with Crippen LogP contribution in [0.5, 0.6) is 0 Å². The SMILES string of the molecule is C/C(=C\[C@H](C(C)C)N(C)C(=O)CNC=O)C(=O)N1CCC[C@H]1C(=O)NCCCOC(C)C. The van der Waals surface area contributed by atoms with E-state index in [9.17, 15) is 19.2 Å². The summed E-state index contributed by atoms with van der Waals surface area (Å²) in [5.41, 5.74) is 0.497. The summed E-state index contributed by atoms with van der Waals surface area (Å²) >= 11 is 0. The number of carbonyl (C=O) groups is 4. The molecular formula is C23H40N4O5. The average molecular weight is 453 g/mol. The predicted molar refractivity (Wildman–Crippen MR) is 123 cm³/mol. The van der Waals surface area contributed by atoms with Gasteiger partial charge < -0.3 is 25.2 Å². The van der Waals surface area contributed by atoms with Gasteiger partial charge in [-0.25, -0.2) is 0 Å². The molecule has 2 N–H and O–H groups in total. The Balaban J connectivity index is 2.77. The number of nitrogens with one attached hydrogen (secondary N) is 2. The van der Waals surface area contributed by atoms with Gasteiger partial charge in [-0.1, -0.05) is 19.9 Å². The molecule has 0 radical (unpaired) electrons. The van der Waals surface area contributed by atoms with E-state index in [0.717, 1.165) is 12.8 Å². The van der Waals surface area contributed by atoms with E-state index in [1.54, 1.807) is 24.9 Å². The van der Waals surface area contributed by atoms with Gasteiger partial charge in [0.1, 0.15) is 6.04 Å². The minimum Gasteiger partial charge on any atom is -0.379 e. The first-order chi connectivity index (χ1) is 15.1. The predicted octanol–water partition coefficient (Wildman–Crippen LogP) is 1.08. The van der Waals surface area contributed by atoms with Crippen LogP contribution >= 0.6 is 0 Å². The van der Waals surface area contributed by atoms with Gasteiger partial charge >= 0.3 is 0 Å². The molecule has 0 aliphatic carbocycles. The highest BCUT2D eigenvalue weighted by molar-refractivity contribution is 5.97. The molecule has 0 unspecified atom stereocenters. The van der Waals surface area contributed by atoms with Gasteiger partial charge in [0.2, 0.25) is 24.1 Å². The zero-order chi connectivity index (χ0) is 24.3. The summed E-state index contributed by atoms with van der Waals surface area (Å²) in [5.74, 6) is -0.509. The van der Waals surface area contributed by atoms with Crippen LogP contribution in [0.15, 0.2) is 11.6 Å². The third-order valence-corrected chi connectivity index (χ3v) is 5.51. The summed E-state index contributed by atoms with van der Waals surface area (Å²) in [5, 5.41) is 5.29. The van der Waals surface area contributed by atoms with Crippen molar-refractivity contribution in [2.75, 3.05) is 33.3 Å². The first-order valence-corrected chi connectivity index (χ1v) is 11.4. The molecule has 2 atom stereocenters. The van der Waals surface area contributed by atoms with Crippen LogP contribution in [0, 0.1) is 5.92 Å². The molecule has 0 aromatic carbocycles. The summed E-state index contributed by atoms with van der Waals surface area (Å²) < 4.78 is 5.48. The third kappa shape index (κ3) is 8.61. The number of hydrogen-bond donors (Lipinski definition) is 2. The second-order valence-corrected chi connectivity index (χ2v) is 8.81. The van der Waals surface area contributed by atoms with Gasteiger partial charge in [0.05, 0.1) is 18.7 Å². The second kappa shape index (κ2) is 13.9. The van der Waals surface area contributed by atoms with Gasteiger partial charge in [-0.3, -0.25) is 19.2 Å². The van der Waals surface area contributed by atoms with E-state index in [4.69, 9.17) is 4.74 Å². The Hall–Kier alpha value is -2.42. The van der Waals surface area contributed by atoms with Gasteiger partial charge in [-0.15, -0.1) is 0 Å². The first kappa shape index (κ1) is 27.6. The highest BCUT2D eigenvalue weighted by Gasteiger charge is 2.34. The number of nitrogens with zero attached hydrogens (tertiary/aromatic N) is 2. The minimum absolute atomic E-state index is 0.0636. The third-order valence-electron chi connectivity index (χ3n) is 5.51. The molecule has 1 aliphatic heterocycles. The standard InChI is InChI=1S/C23H40N4O5/c1-16(2)20(26(6)21(29)14-24-15-28)13-18(5)23(31)27-11-7-9-19(27)22(30)25-10-8-12-32-17(3)4/h13,15-17,19-20H,7-12,14H2,1-6H3,(H,24,28)(H,25,30)/b18-13+/t19-,20+/m0/s1. The van der Waals surface area contributed by atoms with Crippen LogP contribution in [-0.2, 0) is 23.9 Å². The molecule has 1 rings (SSSR count). The highest BCUT2D eigenvalue weighted by Crippen LogP contribution is 2.21. The molecule has 9 nitrogen and oxygen atoms in total. The largest absolute Gasteiger partial charge is 0.379 e. The monoisotopic (exact) mass is 452 g/mol. The molecule has 1 saturated heterocycles. The summed E-state index contributed by atoms with van der Waals surface area (Å²) in [6.07, 6.45) is 4.56. The van der Waals surface area contributed by atoms with Crippen LogP contribution in [0.3, 0.4) is 0 Å². The van der Waals surface area contributed by atoms with Crippen molar-refractivity contribution in [2.24, 2.45) is 5.92 Å². The van der Waals surface area contributed by atoms with E-state index < -0.39 is 6.04 Å². The fraction of sp³-hybridized carbons (Fsp3) is 0.739. The van der Waals surface area contributed by atoms with Crippen LogP contribution in [0.25, 0.3) is 0 Å². The van der Waals surface area contributed by atoms with Crippen LogP contribution in [0.1, 0.15) is 53.9 Å². The Morgan fingerprint density at radius 1 is 1.22 bits per heavy atom. The van der Waals surface area contributed by atoms with E-state index in [0.29, 0.717) is 38.1 Å². The maximum Gasteiger partial charge on any atom is 0.249 e. The normalized spacial score (nSPS) is 17.4. The minimum atomic E-state index is -0.481. The van der Waals surface area contributed by atoms with Gasteiger partial charge in [0.25, 0.3) is 0 Å². The molecule has 32 heavy (non-hydrogen) atoms. The van der Waals surface area contributed by atoms with E-state index in [-0.39, 0.29) is 42.3 Å². The van der Waals surface area contributed by atoms with E-state index >= 15 is 0 Å². The first-order valence-electron chi connectivity index (χ1n) is 11.4. The fourth-order valence-electron chi connectivity index (χ4n) is 3.73. The lowest BCUT2D eigenvalue weighted by Crippen LogP contribution is -2.47. The zero-order valence-corrected chi connectivity index (χ0v) is 20.3. The van der Waals surface area contributed by atoms with Crippen molar-refractivity contribution in [1.29, 1.82) is 0 Å². The van der Waals surface area contributed by atoms with Crippen molar-refractivity contribution in [3.63, 3.8) is 0 Å². The molecule has 0 bridgehead atoms. The number of carbonyl (C=O) groups excluding carboxylic acids is 4. The van der Waals surface area contributed by atoms with E-state index in [2.05, 4.69) is 10.6 Å². The van der Waals surface area contributed by atoms with Crippen molar-refractivity contribution in [3.05, 3.63) is 11.6 Å². The van der Waals surface area contributed by atoms with Gasteiger partial charge in [0, 0.05) is 32.3 Å². The lowest BCUT2D eigenvalue weighted by Gasteiger charge is -2.30. The van der Waals surface area contributed by atoms with Crippen LogP contribution in [-0.4, -0.2) is 85.4 Å². The van der Waals surface area contributed by atoms with Crippen molar-refractivity contribution in [3.8, 4) is 0 Å². The van der Waals surface area contributed by atoms with Crippen LogP contribution in [0.4, 0.5) is 0 Å². The molecule has 0 saturated carbocycles. The molecule has 1 aliphatic rings. The summed E-state index contributed by atoms with van der Waals surface area (Å²) in [7, 11) is 1.66. The number of amides is 4. The Labute approximate surface area is 191 Å². The van der Waals surface area contributed by atoms with Crippen molar-refractivity contribution in [2.45, 2.75) is 72.1 Å². The number of likely N-dealkylation sites (N-methyl/N-ethyl adjacent to an activating group) is 1. The van der Waals surface area contributed by atoms with Gasteiger partial charge in [0.15, 0.2) is 0 Å². The van der Waals surface area contributed by atoms with Crippen molar-refractivity contribution < 1.29 is 23.9 Å². The lowest BCUT2D eigenvalue weighted by atomic mass is 9.99. The Morgan fingerprint density at radius 3 is 2.50 bits per heavy atom. The Bertz CT molecular complexity index is 677. The highest BCUT2D eigenvalue weighted by atomic mass is 16.5. The van der Waals surface area contributed by atoms with Crippen molar-refractivity contribution in [1.82, 2.24) is 20.4 Å². The number of ether oxygens (including phenoxy) is 1. The molecule has 1 heterocycles. The second-order valence-electron chi connectivity index (χ2n) is 8.81. The molecule has 182 valence electrons. The molecule has 0 aromatic rings. The molecule has 9 heteroatoms. The zero-order valence-electron chi connectivity index (χ0n) is 20.3. The molecule has 0 spiro atoms. The van der Waals surface area contributed by atoms with Crippen LogP contribution in [0.2, 0.25) is 0 Å². The molecule has 1 fully saturated rings. The molecular weight excluding hydrogens is 412 g/mol.